The number of aromatic nitrogens is 1. The number of aliphatic imine (C=N–C) groups is 1. The van der Waals surface area contributed by atoms with Crippen LogP contribution in [0, 0.1) is 13.8 Å². The fourth-order valence-electron chi connectivity index (χ4n) is 2.24. The predicted molar refractivity (Wildman–Crippen MR) is 99.6 cm³/mol. The molecule has 2 aromatic rings. The Bertz CT molecular complexity index is 713. The number of benzene rings is 1. The molecule has 0 fully saturated rings. The second kappa shape index (κ2) is 8.54. The van der Waals surface area contributed by atoms with Crippen molar-refractivity contribution in [3.05, 3.63) is 33.8 Å². The van der Waals surface area contributed by atoms with Crippen LogP contribution < -0.4 is 20.1 Å². The molecular formula is C17H24N4O2S. The minimum Gasteiger partial charge on any atom is -0.493 e. The Hall–Kier alpha value is -2.28. The molecule has 2 rings (SSSR count). The SMILES string of the molecule is CCOc1cc(NC(=NC)NCc2sc(C)nc2C)ccc1OC. The second-order valence-corrected chi connectivity index (χ2v) is 6.38. The van der Waals surface area contributed by atoms with Crippen LogP contribution in [0.2, 0.25) is 0 Å². The van der Waals surface area contributed by atoms with Gasteiger partial charge in [0.05, 0.1) is 31.0 Å². The topological polar surface area (TPSA) is 67.8 Å². The van der Waals surface area contributed by atoms with Crippen LogP contribution in [-0.4, -0.2) is 31.7 Å². The van der Waals surface area contributed by atoms with Gasteiger partial charge in [-0.15, -0.1) is 11.3 Å². The van der Waals surface area contributed by atoms with Crippen molar-refractivity contribution >= 4 is 23.0 Å². The summed E-state index contributed by atoms with van der Waals surface area (Å²) in [5, 5.41) is 7.64. The zero-order valence-corrected chi connectivity index (χ0v) is 15.6. The standard InChI is InChI=1S/C17H24N4O2S/c1-6-23-15-9-13(7-8-14(15)22-5)21-17(18-4)19-10-16-11(2)20-12(3)24-16/h7-9H,6,10H2,1-5H3,(H2,18,19,21). The van der Waals surface area contributed by atoms with Crippen LogP contribution in [0.3, 0.4) is 0 Å². The first-order chi connectivity index (χ1) is 11.6. The van der Waals surface area contributed by atoms with Crippen molar-refractivity contribution in [3.63, 3.8) is 0 Å². The molecule has 24 heavy (non-hydrogen) atoms. The molecule has 0 radical (unpaired) electrons. The molecule has 130 valence electrons. The van der Waals surface area contributed by atoms with Gasteiger partial charge in [0.15, 0.2) is 17.5 Å². The third kappa shape index (κ3) is 4.61. The fourth-order valence-corrected chi connectivity index (χ4v) is 3.12. The third-order valence-corrected chi connectivity index (χ3v) is 4.44. The smallest absolute Gasteiger partial charge is 0.195 e. The van der Waals surface area contributed by atoms with Crippen molar-refractivity contribution in [1.82, 2.24) is 10.3 Å². The van der Waals surface area contributed by atoms with Crippen molar-refractivity contribution in [3.8, 4) is 11.5 Å². The third-order valence-electron chi connectivity index (χ3n) is 3.37. The Balaban J connectivity index is 2.04. The summed E-state index contributed by atoms with van der Waals surface area (Å²) in [6, 6.07) is 5.70. The zero-order chi connectivity index (χ0) is 17.5. The molecule has 0 bridgehead atoms. The Morgan fingerprint density at radius 1 is 1.29 bits per heavy atom. The van der Waals surface area contributed by atoms with E-state index in [4.69, 9.17) is 9.47 Å². The molecule has 0 saturated carbocycles. The van der Waals surface area contributed by atoms with Crippen LogP contribution in [0.25, 0.3) is 0 Å². The van der Waals surface area contributed by atoms with Gasteiger partial charge in [0.25, 0.3) is 0 Å². The minimum atomic E-state index is 0.580. The Kier molecular flexibility index (Phi) is 6.43. The summed E-state index contributed by atoms with van der Waals surface area (Å²) in [6.45, 7) is 7.25. The van der Waals surface area contributed by atoms with Crippen molar-refractivity contribution in [2.24, 2.45) is 4.99 Å². The monoisotopic (exact) mass is 348 g/mol. The molecule has 0 amide bonds. The highest BCUT2D eigenvalue weighted by molar-refractivity contribution is 7.11. The first-order valence-electron chi connectivity index (χ1n) is 7.78. The highest BCUT2D eigenvalue weighted by atomic mass is 32.1. The maximum atomic E-state index is 5.60. The Morgan fingerprint density at radius 3 is 2.67 bits per heavy atom. The van der Waals surface area contributed by atoms with Gasteiger partial charge in [-0.3, -0.25) is 4.99 Å². The molecule has 0 atom stereocenters. The maximum absolute atomic E-state index is 5.60. The second-order valence-electron chi connectivity index (χ2n) is 5.09. The molecule has 0 unspecified atom stereocenters. The van der Waals surface area contributed by atoms with E-state index in [-0.39, 0.29) is 0 Å². The van der Waals surface area contributed by atoms with Crippen LogP contribution in [0.4, 0.5) is 5.69 Å². The quantitative estimate of drug-likeness (QED) is 0.619. The summed E-state index contributed by atoms with van der Waals surface area (Å²) < 4.78 is 10.9. The number of guanidine groups is 1. The van der Waals surface area contributed by atoms with Gasteiger partial charge < -0.3 is 20.1 Å². The first-order valence-corrected chi connectivity index (χ1v) is 8.60. The van der Waals surface area contributed by atoms with Crippen LogP contribution in [0.5, 0.6) is 11.5 Å². The lowest BCUT2D eigenvalue weighted by Crippen LogP contribution is -2.30. The van der Waals surface area contributed by atoms with E-state index in [1.165, 1.54) is 4.88 Å². The van der Waals surface area contributed by atoms with Crippen LogP contribution in [-0.2, 0) is 6.54 Å². The van der Waals surface area contributed by atoms with Crippen molar-refractivity contribution in [2.75, 3.05) is 26.1 Å². The normalized spacial score (nSPS) is 11.3. The maximum Gasteiger partial charge on any atom is 0.195 e. The minimum absolute atomic E-state index is 0.580. The molecular weight excluding hydrogens is 324 g/mol. The van der Waals surface area contributed by atoms with Gasteiger partial charge in [-0.2, -0.15) is 0 Å². The van der Waals surface area contributed by atoms with Crippen molar-refractivity contribution in [2.45, 2.75) is 27.3 Å². The van der Waals surface area contributed by atoms with Gasteiger partial charge >= 0.3 is 0 Å². The van der Waals surface area contributed by atoms with Gasteiger partial charge in [-0.25, -0.2) is 4.98 Å². The van der Waals surface area contributed by atoms with E-state index in [9.17, 15) is 0 Å². The fraction of sp³-hybridized carbons (Fsp3) is 0.412. The number of ether oxygens (including phenoxy) is 2. The largest absolute Gasteiger partial charge is 0.493 e. The predicted octanol–water partition coefficient (Wildman–Crippen LogP) is 3.35. The number of thiazole rings is 1. The van der Waals surface area contributed by atoms with Gasteiger partial charge in [-0.1, -0.05) is 0 Å². The lowest BCUT2D eigenvalue weighted by Gasteiger charge is -2.14. The van der Waals surface area contributed by atoms with Gasteiger partial charge in [0.2, 0.25) is 0 Å². The summed E-state index contributed by atoms with van der Waals surface area (Å²) >= 11 is 1.69. The van der Waals surface area contributed by atoms with E-state index in [0.29, 0.717) is 30.6 Å². The molecule has 0 aliphatic heterocycles. The van der Waals surface area contributed by atoms with E-state index >= 15 is 0 Å². The molecule has 7 heteroatoms. The zero-order valence-electron chi connectivity index (χ0n) is 14.8. The Morgan fingerprint density at radius 2 is 2.08 bits per heavy atom. The molecule has 0 saturated heterocycles. The van der Waals surface area contributed by atoms with E-state index < -0.39 is 0 Å². The average molecular weight is 348 g/mol. The van der Waals surface area contributed by atoms with Crippen LogP contribution >= 0.6 is 11.3 Å². The van der Waals surface area contributed by atoms with E-state index in [0.717, 1.165) is 16.4 Å². The highest BCUT2D eigenvalue weighted by Crippen LogP contribution is 2.30. The molecule has 1 aromatic carbocycles. The summed E-state index contributed by atoms with van der Waals surface area (Å²) in [4.78, 5) is 9.91. The summed E-state index contributed by atoms with van der Waals surface area (Å²) in [6.07, 6.45) is 0. The van der Waals surface area contributed by atoms with E-state index in [1.54, 1.807) is 25.5 Å². The molecule has 6 nitrogen and oxygen atoms in total. The van der Waals surface area contributed by atoms with Gasteiger partial charge in [0.1, 0.15) is 0 Å². The van der Waals surface area contributed by atoms with Gasteiger partial charge in [-0.05, 0) is 32.9 Å². The van der Waals surface area contributed by atoms with E-state index in [1.807, 2.05) is 39.0 Å². The number of anilines is 1. The van der Waals surface area contributed by atoms with Crippen LogP contribution in [0.1, 0.15) is 22.5 Å². The number of nitrogens with one attached hydrogen (secondary N) is 2. The molecule has 2 N–H and O–H groups in total. The van der Waals surface area contributed by atoms with Crippen LogP contribution in [0.15, 0.2) is 23.2 Å². The van der Waals surface area contributed by atoms with Gasteiger partial charge in [0, 0.05) is 23.7 Å². The number of aryl methyl sites for hydroxylation is 2. The number of hydrogen-bond acceptors (Lipinski definition) is 5. The molecule has 0 aliphatic carbocycles. The molecule has 1 heterocycles. The molecule has 0 aliphatic rings. The molecule has 1 aromatic heterocycles. The summed E-state index contributed by atoms with van der Waals surface area (Å²) in [5.41, 5.74) is 1.94. The first kappa shape index (κ1) is 18.1. The van der Waals surface area contributed by atoms with Crippen molar-refractivity contribution < 1.29 is 9.47 Å². The summed E-state index contributed by atoms with van der Waals surface area (Å²) in [5.74, 6) is 2.10. The number of methoxy groups -OCH3 is 1. The van der Waals surface area contributed by atoms with Crippen molar-refractivity contribution in [1.29, 1.82) is 0 Å². The number of hydrogen-bond donors (Lipinski definition) is 2. The highest BCUT2D eigenvalue weighted by Gasteiger charge is 2.08. The summed E-state index contributed by atoms with van der Waals surface area (Å²) in [7, 11) is 3.37. The number of rotatable bonds is 6. The lowest BCUT2D eigenvalue weighted by molar-refractivity contribution is 0.311. The average Bonchev–Trinajstić information content (AvgIpc) is 2.89. The van der Waals surface area contributed by atoms with E-state index in [2.05, 4.69) is 20.6 Å². The Labute approximate surface area is 146 Å². The molecule has 0 spiro atoms. The number of nitrogens with zero attached hydrogens (tertiary/aromatic N) is 2. The lowest BCUT2D eigenvalue weighted by atomic mass is 10.2.